The number of hydrogen-bond donors (Lipinski definition) is 0. The van der Waals surface area contributed by atoms with E-state index in [9.17, 15) is 4.79 Å². The SMILES string of the molecule is C=C(C)n1c(=O)n(Cc2ccc(C(C)CC)cc2)c2cc(C)c(C)cc21. The number of rotatable bonds is 5. The first-order chi connectivity index (χ1) is 12.3. The molecule has 0 saturated heterocycles. The highest BCUT2D eigenvalue weighted by atomic mass is 16.1. The van der Waals surface area contributed by atoms with E-state index < -0.39 is 0 Å². The molecule has 2 aromatic carbocycles. The molecule has 3 aromatic rings. The highest BCUT2D eigenvalue weighted by Crippen LogP contribution is 2.23. The third-order valence-electron chi connectivity index (χ3n) is 5.43. The Balaban J connectivity index is 2.10. The first-order valence-corrected chi connectivity index (χ1v) is 9.30. The Morgan fingerprint density at radius 1 is 1.08 bits per heavy atom. The zero-order valence-electron chi connectivity index (χ0n) is 16.5. The molecular formula is C23H28N2O. The molecule has 1 heterocycles. The van der Waals surface area contributed by atoms with Crippen LogP contribution in [0.3, 0.4) is 0 Å². The Morgan fingerprint density at radius 2 is 1.65 bits per heavy atom. The van der Waals surface area contributed by atoms with Gasteiger partial charge in [0.25, 0.3) is 0 Å². The quantitative estimate of drug-likeness (QED) is 0.600. The van der Waals surface area contributed by atoms with Crippen molar-refractivity contribution >= 4 is 16.7 Å². The Labute approximate surface area is 155 Å². The summed E-state index contributed by atoms with van der Waals surface area (Å²) in [6.45, 7) is 15.1. The van der Waals surface area contributed by atoms with E-state index in [1.807, 2.05) is 11.5 Å². The van der Waals surface area contributed by atoms with Gasteiger partial charge in [-0.05, 0) is 67.5 Å². The minimum Gasteiger partial charge on any atom is -0.287 e. The Morgan fingerprint density at radius 3 is 2.19 bits per heavy atom. The van der Waals surface area contributed by atoms with Crippen molar-refractivity contribution in [2.75, 3.05) is 0 Å². The molecule has 136 valence electrons. The van der Waals surface area contributed by atoms with Crippen molar-refractivity contribution in [1.82, 2.24) is 9.13 Å². The third-order valence-corrected chi connectivity index (χ3v) is 5.43. The van der Waals surface area contributed by atoms with E-state index in [1.165, 1.54) is 16.7 Å². The van der Waals surface area contributed by atoms with Gasteiger partial charge in [0.15, 0.2) is 0 Å². The predicted molar refractivity (Wildman–Crippen MR) is 111 cm³/mol. The van der Waals surface area contributed by atoms with Crippen LogP contribution in [-0.2, 0) is 6.54 Å². The summed E-state index contributed by atoms with van der Waals surface area (Å²) in [6.07, 6.45) is 1.13. The molecule has 3 nitrogen and oxygen atoms in total. The maximum absolute atomic E-state index is 13.0. The molecule has 0 amide bonds. The zero-order valence-corrected chi connectivity index (χ0v) is 16.5. The van der Waals surface area contributed by atoms with Crippen molar-refractivity contribution in [1.29, 1.82) is 0 Å². The third kappa shape index (κ3) is 3.14. The van der Waals surface area contributed by atoms with Gasteiger partial charge in [-0.3, -0.25) is 9.13 Å². The molecule has 3 rings (SSSR count). The number of imidazole rings is 1. The lowest BCUT2D eigenvalue weighted by atomic mass is 9.98. The minimum atomic E-state index is -0.0245. The monoisotopic (exact) mass is 348 g/mol. The van der Waals surface area contributed by atoms with Crippen LogP contribution in [0.25, 0.3) is 16.7 Å². The van der Waals surface area contributed by atoms with E-state index in [0.29, 0.717) is 12.5 Å². The molecule has 0 radical (unpaired) electrons. The average molecular weight is 348 g/mol. The summed E-state index contributed by atoms with van der Waals surface area (Å²) >= 11 is 0. The highest BCUT2D eigenvalue weighted by Gasteiger charge is 2.15. The largest absolute Gasteiger partial charge is 0.333 e. The standard InChI is InChI=1S/C23H28N2O/c1-7-16(4)20-10-8-19(9-11-20)14-24-21-12-17(5)18(6)13-22(21)25(15(2)3)23(24)26/h8-13,16H,2,7,14H2,1,3-6H3. The fraction of sp³-hybridized carbons (Fsp3) is 0.348. The summed E-state index contributed by atoms with van der Waals surface area (Å²) in [5.41, 5.74) is 7.48. The Kier molecular flexibility index (Phi) is 4.90. The van der Waals surface area contributed by atoms with Crippen LogP contribution in [0.15, 0.2) is 47.8 Å². The number of hydrogen-bond acceptors (Lipinski definition) is 1. The molecule has 0 aliphatic heterocycles. The van der Waals surface area contributed by atoms with Gasteiger partial charge in [0, 0.05) is 5.70 Å². The normalized spacial score (nSPS) is 12.5. The second-order valence-corrected chi connectivity index (χ2v) is 7.42. The van der Waals surface area contributed by atoms with Crippen LogP contribution in [0.2, 0.25) is 0 Å². The van der Waals surface area contributed by atoms with Gasteiger partial charge in [0.2, 0.25) is 0 Å². The Hall–Kier alpha value is -2.55. The number of aryl methyl sites for hydroxylation is 2. The van der Waals surface area contributed by atoms with Gasteiger partial charge in [-0.1, -0.05) is 44.7 Å². The van der Waals surface area contributed by atoms with Crippen LogP contribution in [0.1, 0.15) is 55.4 Å². The maximum atomic E-state index is 13.0. The van der Waals surface area contributed by atoms with Crippen molar-refractivity contribution in [2.45, 2.75) is 53.5 Å². The molecule has 0 aliphatic rings. The predicted octanol–water partition coefficient (Wildman–Crippen LogP) is 5.47. The van der Waals surface area contributed by atoms with E-state index in [-0.39, 0.29) is 5.69 Å². The fourth-order valence-corrected chi connectivity index (χ4v) is 3.40. The first-order valence-electron chi connectivity index (χ1n) is 9.30. The van der Waals surface area contributed by atoms with Gasteiger partial charge in [-0.15, -0.1) is 0 Å². The van der Waals surface area contributed by atoms with Crippen LogP contribution in [0.4, 0.5) is 0 Å². The molecule has 3 heteroatoms. The summed E-state index contributed by atoms with van der Waals surface area (Å²) in [5.74, 6) is 0.558. The number of nitrogens with zero attached hydrogens (tertiary/aromatic N) is 2. The summed E-state index contributed by atoms with van der Waals surface area (Å²) in [5, 5.41) is 0. The summed E-state index contributed by atoms with van der Waals surface area (Å²) in [4.78, 5) is 13.0. The van der Waals surface area contributed by atoms with E-state index in [0.717, 1.165) is 28.7 Å². The van der Waals surface area contributed by atoms with Crippen LogP contribution in [0.5, 0.6) is 0 Å². The minimum absolute atomic E-state index is 0.0245. The van der Waals surface area contributed by atoms with Crippen LogP contribution in [0, 0.1) is 13.8 Å². The molecule has 0 saturated carbocycles. The van der Waals surface area contributed by atoms with Crippen LogP contribution in [-0.4, -0.2) is 9.13 Å². The molecule has 1 unspecified atom stereocenters. The lowest BCUT2D eigenvalue weighted by molar-refractivity contribution is 0.730. The number of allylic oxidation sites excluding steroid dienone is 1. The van der Waals surface area contributed by atoms with Gasteiger partial charge in [-0.25, -0.2) is 4.79 Å². The van der Waals surface area contributed by atoms with Crippen molar-refractivity contribution in [2.24, 2.45) is 0 Å². The number of fused-ring (bicyclic) bond motifs is 1. The van der Waals surface area contributed by atoms with E-state index in [2.05, 4.69) is 70.7 Å². The van der Waals surface area contributed by atoms with Gasteiger partial charge >= 0.3 is 5.69 Å². The van der Waals surface area contributed by atoms with Gasteiger partial charge in [-0.2, -0.15) is 0 Å². The van der Waals surface area contributed by atoms with Gasteiger partial charge in [0.05, 0.1) is 17.6 Å². The van der Waals surface area contributed by atoms with Gasteiger partial charge in [0.1, 0.15) is 0 Å². The smallest absolute Gasteiger partial charge is 0.287 e. The highest BCUT2D eigenvalue weighted by molar-refractivity contribution is 5.81. The van der Waals surface area contributed by atoms with Crippen molar-refractivity contribution in [3.8, 4) is 0 Å². The van der Waals surface area contributed by atoms with Crippen molar-refractivity contribution in [3.63, 3.8) is 0 Å². The molecule has 0 aliphatic carbocycles. The maximum Gasteiger partial charge on any atom is 0.333 e. The molecule has 0 N–H and O–H groups in total. The van der Waals surface area contributed by atoms with E-state index >= 15 is 0 Å². The number of benzene rings is 2. The van der Waals surface area contributed by atoms with Crippen molar-refractivity contribution < 1.29 is 0 Å². The topological polar surface area (TPSA) is 26.9 Å². The van der Waals surface area contributed by atoms with Crippen LogP contribution >= 0.6 is 0 Å². The van der Waals surface area contributed by atoms with Crippen LogP contribution < -0.4 is 5.69 Å². The average Bonchev–Trinajstić information content (AvgIpc) is 2.87. The van der Waals surface area contributed by atoms with Gasteiger partial charge < -0.3 is 0 Å². The summed E-state index contributed by atoms with van der Waals surface area (Å²) < 4.78 is 3.57. The Bertz CT molecular complexity index is 1020. The second-order valence-electron chi connectivity index (χ2n) is 7.42. The first kappa shape index (κ1) is 18.2. The van der Waals surface area contributed by atoms with Crippen molar-refractivity contribution in [3.05, 3.63) is 75.7 Å². The zero-order chi connectivity index (χ0) is 19.0. The molecule has 1 aromatic heterocycles. The molecular weight excluding hydrogens is 320 g/mol. The molecule has 1 atom stereocenters. The summed E-state index contributed by atoms with van der Waals surface area (Å²) in [7, 11) is 0. The summed E-state index contributed by atoms with van der Waals surface area (Å²) in [6, 6.07) is 12.8. The molecule has 0 bridgehead atoms. The lowest BCUT2D eigenvalue weighted by Gasteiger charge is -2.10. The molecule has 26 heavy (non-hydrogen) atoms. The van der Waals surface area contributed by atoms with E-state index in [1.54, 1.807) is 4.57 Å². The second kappa shape index (κ2) is 6.99. The number of aromatic nitrogens is 2. The fourth-order valence-electron chi connectivity index (χ4n) is 3.40. The molecule has 0 fully saturated rings. The van der Waals surface area contributed by atoms with E-state index in [4.69, 9.17) is 0 Å². The molecule has 0 spiro atoms. The lowest BCUT2D eigenvalue weighted by Crippen LogP contribution is -2.23.